The maximum absolute atomic E-state index is 13.0. The summed E-state index contributed by atoms with van der Waals surface area (Å²) in [4.78, 5) is 25.6. The molecule has 4 aliphatic carbocycles. The lowest BCUT2D eigenvalue weighted by Crippen LogP contribution is -2.59. The number of aliphatic hydroxyl groups is 1. The second-order valence-electron chi connectivity index (χ2n) is 9.95. The first-order chi connectivity index (χ1) is 13.8. The molecule has 0 aromatic heterocycles. The molecule has 1 aromatic carbocycles. The first kappa shape index (κ1) is 20.4. The molecule has 4 bridgehead atoms. The minimum Gasteiger partial charge on any atom is -0.452 e. The van der Waals surface area contributed by atoms with Gasteiger partial charge in [-0.05, 0) is 82.6 Å². The zero-order valence-corrected chi connectivity index (χ0v) is 17.5. The van der Waals surface area contributed by atoms with Crippen molar-refractivity contribution in [1.82, 2.24) is 5.32 Å². The molecule has 4 atom stereocenters. The predicted octanol–water partition coefficient (Wildman–Crippen LogP) is 3.39. The molecule has 158 valence electrons. The normalized spacial score (nSPS) is 34.4. The number of carbonyl (C=O) groups excluding carboxylic acids is 2. The van der Waals surface area contributed by atoms with E-state index in [-0.39, 0.29) is 17.9 Å². The van der Waals surface area contributed by atoms with Gasteiger partial charge >= 0.3 is 5.97 Å². The summed E-state index contributed by atoms with van der Waals surface area (Å²) < 4.78 is 5.64. The quantitative estimate of drug-likeness (QED) is 0.689. The predicted molar refractivity (Wildman–Crippen MR) is 110 cm³/mol. The van der Waals surface area contributed by atoms with Crippen molar-refractivity contribution in [3.05, 3.63) is 35.9 Å². The minimum absolute atomic E-state index is 0.00381. The van der Waals surface area contributed by atoms with E-state index in [1.54, 1.807) is 6.92 Å². The molecular formula is C24H33NO4. The molecule has 0 aliphatic heterocycles. The van der Waals surface area contributed by atoms with Crippen molar-refractivity contribution in [1.29, 1.82) is 0 Å². The van der Waals surface area contributed by atoms with Crippen LogP contribution in [0.3, 0.4) is 0 Å². The van der Waals surface area contributed by atoms with E-state index in [0.29, 0.717) is 18.3 Å². The summed E-state index contributed by atoms with van der Waals surface area (Å²) in [6, 6.07) is 10.2. The average Bonchev–Trinajstić information content (AvgIpc) is 2.65. The highest BCUT2D eigenvalue weighted by Gasteiger charge is 2.61. The number of amides is 1. The molecule has 1 amide bonds. The van der Waals surface area contributed by atoms with E-state index < -0.39 is 17.1 Å². The molecule has 4 saturated carbocycles. The third-order valence-corrected chi connectivity index (χ3v) is 7.21. The SMILES string of the molecule is C[C@@H](CCc1ccccc1)NC(=O)[C@@H](C)OC(=O)C12C[C@H]3C[C@@H](CC(O)(C3)C1)C2. The molecule has 1 aromatic rings. The molecule has 29 heavy (non-hydrogen) atoms. The number of benzene rings is 1. The highest BCUT2D eigenvalue weighted by atomic mass is 16.5. The van der Waals surface area contributed by atoms with Crippen LogP contribution in [0.25, 0.3) is 0 Å². The van der Waals surface area contributed by atoms with E-state index in [9.17, 15) is 14.7 Å². The van der Waals surface area contributed by atoms with Crippen LogP contribution in [0.5, 0.6) is 0 Å². The van der Waals surface area contributed by atoms with Crippen molar-refractivity contribution in [3.8, 4) is 0 Å². The number of rotatable bonds is 7. The first-order valence-corrected chi connectivity index (χ1v) is 11.0. The van der Waals surface area contributed by atoms with Gasteiger partial charge in [-0.2, -0.15) is 0 Å². The third-order valence-electron chi connectivity index (χ3n) is 7.21. The Bertz CT molecular complexity index is 747. The Morgan fingerprint density at radius 3 is 2.41 bits per heavy atom. The van der Waals surface area contributed by atoms with Crippen LogP contribution < -0.4 is 5.32 Å². The van der Waals surface area contributed by atoms with E-state index in [4.69, 9.17) is 4.74 Å². The van der Waals surface area contributed by atoms with Gasteiger partial charge in [-0.15, -0.1) is 0 Å². The Balaban J connectivity index is 1.29. The number of nitrogens with one attached hydrogen (secondary N) is 1. The van der Waals surface area contributed by atoms with Crippen LogP contribution in [0.15, 0.2) is 30.3 Å². The Morgan fingerprint density at radius 2 is 1.79 bits per heavy atom. The zero-order valence-electron chi connectivity index (χ0n) is 17.5. The van der Waals surface area contributed by atoms with Crippen molar-refractivity contribution in [2.45, 2.75) is 83.0 Å². The molecule has 4 fully saturated rings. The molecule has 5 heteroatoms. The molecule has 0 heterocycles. The van der Waals surface area contributed by atoms with Gasteiger partial charge in [-0.3, -0.25) is 9.59 Å². The lowest BCUT2D eigenvalue weighted by Gasteiger charge is -2.58. The number of ether oxygens (including phenoxy) is 1. The number of esters is 1. The van der Waals surface area contributed by atoms with Gasteiger partial charge in [0.1, 0.15) is 0 Å². The highest BCUT2D eigenvalue weighted by molar-refractivity contribution is 5.85. The van der Waals surface area contributed by atoms with Crippen LogP contribution in [0, 0.1) is 17.3 Å². The Labute approximate surface area is 173 Å². The maximum atomic E-state index is 13.0. The van der Waals surface area contributed by atoms with Crippen LogP contribution in [0.2, 0.25) is 0 Å². The number of hydrogen-bond acceptors (Lipinski definition) is 4. The summed E-state index contributed by atoms with van der Waals surface area (Å²) in [5, 5.41) is 13.8. The van der Waals surface area contributed by atoms with Gasteiger partial charge in [0.15, 0.2) is 6.10 Å². The van der Waals surface area contributed by atoms with Gasteiger partial charge in [0.25, 0.3) is 5.91 Å². The lowest BCUT2D eigenvalue weighted by molar-refractivity contribution is -0.200. The smallest absolute Gasteiger partial charge is 0.312 e. The summed E-state index contributed by atoms with van der Waals surface area (Å²) >= 11 is 0. The molecule has 4 aliphatic rings. The molecular weight excluding hydrogens is 366 g/mol. The summed E-state index contributed by atoms with van der Waals surface area (Å²) in [7, 11) is 0. The van der Waals surface area contributed by atoms with Gasteiger partial charge in [0.05, 0.1) is 11.0 Å². The van der Waals surface area contributed by atoms with Crippen LogP contribution >= 0.6 is 0 Å². The Morgan fingerprint density at radius 1 is 1.14 bits per heavy atom. The van der Waals surface area contributed by atoms with Crippen LogP contribution in [0.4, 0.5) is 0 Å². The van der Waals surface area contributed by atoms with Gasteiger partial charge in [0.2, 0.25) is 0 Å². The molecule has 0 spiro atoms. The topological polar surface area (TPSA) is 75.6 Å². The van der Waals surface area contributed by atoms with E-state index in [2.05, 4.69) is 17.4 Å². The third kappa shape index (κ3) is 4.35. The fraction of sp³-hybridized carbons (Fsp3) is 0.667. The summed E-state index contributed by atoms with van der Waals surface area (Å²) in [5.74, 6) is 0.291. The van der Waals surface area contributed by atoms with Crippen molar-refractivity contribution in [3.63, 3.8) is 0 Å². The van der Waals surface area contributed by atoms with Crippen molar-refractivity contribution < 1.29 is 19.4 Å². The Kier molecular flexibility index (Phi) is 5.45. The van der Waals surface area contributed by atoms with Gasteiger partial charge in [0, 0.05) is 6.04 Å². The summed E-state index contributed by atoms with van der Waals surface area (Å²) in [6.45, 7) is 3.62. The first-order valence-electron chi connectivity index (χ1n) is 11.0. The van der Waals surface area contributed by atoms with E-state index in [1.165, 1.54) is 5.56 Å². The molecule has 0 saturated heterocycles. The lowest BCUT2D eigenvalue weighted by atomic mass is 9.48. The van der Waals surface area contributed by atoms with Crippen LogP contribution in [-0.4, -0.2) is 34.7 Å². The van der Waals surface area contributed by atoms with E-state index in [0.717, 1.165) is 44.9 Å². The van der Waals surface area contributed by atoms with Crippen molar-refractivity contribution >= 4 is 11.9 Å². The maximum Gasteiger partial charge on any atom is 0.312 e. The fourth-order valence-corrected chi connectivity index (χ4v) is 6.25. The molecule has 2 N–H and O–H groups in total. The van der Waals surface area contributed by atoms with Crippen molar-refractivity contribution in [2.75, 3.05) is 0 Å². The monoisotopic (exact) mass is 399 g/mol. The second kappa shape index (κ2) is 7.75. The van der Waals surface area contributed by atoms with Crippen LogP contribution in [-0.2, 0) is 20.7 Å². The fourth-order valence-electron chi connectivity index (χ4n) is 6.25. The van der Waals surface area contributed by atoms with Crippen LogP contribution in [0.1, 0.15) is 64.4 Å². The van der Waals surface area contributed by atoms with Crippen molar-refractivity contribution in [2.24, 2.45) is 17.3 Å². The van der Waals surface area contributed by atoms with Gasteiger partial charge in [-0.1, -0.05) is 30.3 Å². The standard InChI is InChI=1S/C24H33NO4/c1-16(8-9-18-6-4-3-5-7-18)25-21(26)17(2)29-22(27)23-11-19-10-20(12-23)14-24(28,13-19)15-23/h3-7,16-17,19-20,28H,8-15H2,1-2H3,(H,25,26)/t16-,17+,19+,20+,23?,24?/m0/s1. The summed E-state index contributed by atoms with van der Waals surface area (Å²) in [6.07, 6.45) is 5.74. The van der Waals surface area contributed by atoms with E-state index >= 15 is 0 Å². The number of hydrogen-bond donors (Lipinski definition) is 2. The molecule has 5 rings (SSSR count). The number of aryl methyl sites for hydroxylation is 1. The second-order valence-corrected chi connectivity index (χ2v) is 9.95. The Hall–Kier alpha value is -1.88. The average molecular weight is 400 g/mol. The zero-order chi connectivity index (χ0) is 20.6. The molecule has 0 unspecified atom stereocenters. The van der Waals surface area contributed by atoms with Gasteiger partial charge < -0.3 is 15.2 Å². The summed E-state index contributed by atoms with van der Waals surface area (Å²) in [5.41, 5.74) is -0.0554. The minimum atomic E-state index is -0.815. The number of carbonyl (C=O) groups is 2. The van der Waals surface area contributed by atoms with Gasteiger partial charge in [-0.25, -0.2) is 0 Å². The highest BCUT2D eigenvalue weighted by Crippen LogP contribution is 2.62. The molecule has 5 nitrogen and oxygen atoms in total. The van der Waals surface area contributed by atoms with E-state index in [1.807, 2.05) is 25.1 Å². The largest absolute Gasteiger partial charge is 0.452 e. The molecule has 0 radical (unpaired) electrons.